The highest BCUT2D eigenvalue weighted by Gasteiger charge is 2.25. The van der Waals surface area contributed by atoms with E-state index in [9.17, 15) is 4.39 Å². The molecule has 1 fully saturated rings. The molecule has 0 amide bonds. The maximum atomic E-state index is 14.4. The van der Waals surface area contributed by atoms with Crippen LogP contribution in [0.1, 0.15) is 51.5 Å². The van der Waals surface area contributed by atoms with Gasteiger partial charge in [0.1, 0.15) is 5.82 Å². The highest BCUT2D eigenvalue weighted by molar-refractivity contribution is 5.55. The Hall–Kier alpha value is -1.09. The first-order valence-electron chi connectivity index (χ1n) is 8.38. The smallest absolute Gasteiger partial charge is 0.146 e. The van der Waals surface area contributed by atoms with Gasteiger partial charge < -0.3 is 10.2 Å². The molecule has 0 radical (unpaired) electrons. The molecule has 1 aliphatic rings. The van der Waals surface area contributed by atoms with E-state index in [1.165, 1.54) is 32.1 Å². The van der Waals surface area contributed by atoms with E-state index >= 15 is 0 Å². The Balaban J connectivity index is 2.12. The predicted octanol–water partition coefficient (Wildman–Crippen LogP) is 4.34. The van der Waals surface area contributed by atoms with E-state index in [1.807, 2.05) is 12.1 Å². The van der Waals surface area contributed by atoms with Crippen LogP contribution >= 0.6 is 0 Å². The van der Waals surface area contributed by atoms with E-state index < -0.39 is 0 Å². The lowest BCUT2D eigenvalue weighted by molar-refractivity contribution is 0.312. The molecule has 0 atom stereocenters. The van der Waals surface area contributed by atoms with Crippen molar-refractivity contribution in [3.8, 4) is 0 Å². The van der Waals surface area contributed by atoms with Crippen LogP contribution in [0.2, 0.25) is 0 Å². The van der Waals surface area contributed by atoms with Crippen LogP contribution in [0.25, 0.3) is 0 Å². The van der Waals surface area contributed by atoms with Gasteiger partial charge in [0.05, 0.1) is 5.69 Å². The molecule has 0 bridgehead atoms. The van der Waals surface area contributed by atoms with Crippen LogP contribution in [0.15, 0.2) is 18.2 Å². The van der Waals surface area contributed by atoms with Crippen LogP contribution in [-0.2, 0) is 6.54 Å². The minimum absolute atomic E-state index is 0.0921. The van der Waals surface area contributed by atoms with Gasteiger partial charge in [0.25, 0.3) is 0 Å². The van der Waals surface area contributed by atoms with Crippen LogP contribution in [-0.4, -0.2) is 19.6 Å². The highest BCUT2D eigenvalue weighted by atomic mass is 19.1. The van der Waals surface area contributed by atoms with Crippen LogP contribution in [0, 0.1) is 11.7 Å². The Morgan fingerprint density at radius 2 is 1.90 bits per heavy atom. The molecule has 2 rings (SSSR count). The third kappa shape index (κ3) is 3.97. The summed E-state index contributed by atoms with van der Waals surface area (Å²) in [7, 11) is 2.06. The zero-order chi connectivity index (χ0) is 15.2. The Morgan fingerprint density at radius 3 is 2.52 bits per heavy atom. The summed E-state index contributed by atoms with van der Waals surface area (Å²) in [4.78, 5) is 2.19. The lowest BCUT2D eigenvalue weighted by Gasteiger charge is -2.37. The molecule has 0 saturated heterocycles. The monoisotopic (exact) mass is 292 g/mol. The van der Waals surface area contributed by atoms with Crippen molar-refractivity contribution in [2.45, 2.75) is 58.5 Å². The molecule has 1 N–H and O–H groups in total. The molecule has 2 nitrogen and oxygen atoms in total. The van der Waals surface area contributed by atoms with E-state index in [2.05, 4.69) is 31.1 Å². The number of rotatable bonds is 6. The third-order valence-corrected chi connectivity index (χ3v) is 4.93. The van der Waals surface area contributed by atoms with Crippen molar-refractivity contribution >= 4 is 5.69 Å². The summed E-state index contributed by atoms with van der Waals surface area (Å²) in [6.45, 7) is 5.99. The molecule has 1 aliphatic carbocycles. The molecule has 1 aromatic carbocycles. The largest absolute Gasteiger partial charge is 0.369 e. The second-order valence-electron chi connectivity index (χ2n) is 6.22. The maximum Gasteiger partial charge on any atom is 0.146 e. The van der Waals surface area contributed by atoms with Crippen molar-refractivity contribution < 1.29 is 4.39 Å². The summed E-state index contributed by atoms with van der Waals surface area (Å²) < 4.78 is 14.4. The van der Waals surface area contributed by atoms with Crippen molar-refractivity contribution in [1.29, 1.82) is 0 Å². The standard InChI is InChI=1S/C18H29FN2/c1-4-14-9-11-16(12-10-14)21(3)18-15(13-20-5-2)7-6-8-17(18)19/h6-8,14,16,20H,4-5,9-13H2,1-3H3. The molecule has 0 spiro atoms. The fraction of sp³-hybridized carbons (Fsp3) is 0.667. The van der Waals surface area contributed by atoms with Crippen molar-refractivity contribution in [2.75, 3.05) is 18.5 Å². The van der Waals surface area contributed by atoms with Crippen molar-refractivity contribution in [1.82, 2.24) is 5.32 Å². The Labute approximate surface area is 128 Å². The fourth-order valence-electron chi connectivity index (χ4n) is 3.48. The second-order valence-corrected chi connectivity index (χ2v) is 6.22. The summed E-state index contributed by atoms with van der Waals surface area (Å²) in [6, 6.07) is 5.91. The number of benzene rings is 1. The third-order valence-electron chi connectivity index (χ3n) is 4.93. The number of hydrogen-bond donors (Lipinski definition) is 1. The average molecular weight is 292 g/mol. The van der Waals surface area contributed by atoms with E-state index in [0.29, 0.717) is 6.04 Å². The van der Waals surface area contributed by atoms with Gasteiger partial charge in [-0.2, -0.15) is 0 Å². The molecular formula is C18H29FN2. The molecule has 118 valence electrons. The molecule has 0 aromatic heterocycles. The first-order valence-corrected chi connectivity index (χ1v) is 8.38. The normalized spacial score (nSPS) is 22.3. The molecule has 0 heterocycles. The molecule has 1 aromatic rings. The lowest BCUT2D eigenvalue weighted by atomic mass is 9.84. The number of para-hydroxylation sites is 1. The Morgan fingerprint density at radius 1 is 1.19 bits per heavy atom. The number of anilines is 1. The number of hydrogen-bond acceptors (Lipinski definition) is 2. The lowest BCUT2D eigenvalue weighted by Crippen LogP contribution is -2.36. The quantitative estimate of drug-likeness (QED) is 0.839. The first kappa shape index (κ1) is 16.3. The van der Waals surface area contributed by atoms with Crippen molar-refractivity contribution in [3.05, 3.63) is 29.6 Å². The summed E-state index contributed by atoms with van der Waals surface area (Å²) in [5, 5.41) is 3.31. The molecule has 0 unspecified atom stereocenters. The molecule has 3 heteroatoms. The van der Waals surface area contributed by atoms with Crippen LogP contribution in [0.3, 0.4) is 0 Å². The van der Waals surface area contributed by atoms with Gasteiger partial charge in [-0.3, -0.25) is 0 Å². The van der Waals surface area contributed by atoms with Gasteiger partial charge in [-0.25, -0.2) is 4.39 Å². The van der Waals surface area contributed by atoms with E-state index in [4.69, 9.17) is 0 Å². The second kappa shape index (κ2) is 7.79. The van der Waals surface area contributed by atoms with Gasteiger partial charge in [-0.1, -0.05) is 32.4 Å². The van der Waals surface area contributed by atoms with Crippen LogP contribution < -0.4 is 10.2 Å². The van der Waals surface area contributed by atoms with Crippen LogP contribution in [0.4, 0.5) is 10.1 Å². The Kier molecular flexibility index (Phi) is 6.04. The van der Waals surface area contributed by atoms with E-state index in [1.54, 1.807) is 6.07 Å². The number of nitrogens with one attached hydrogen (secondary N) is 1. The van der Waals surface area contributed by atoms with Gasteiger partial charge in [-0.05, 0) is 49.8 Å². The van der Waals surface area contributed by atoms with Crippen LogP contribution in [0.5, 0.6) is 0 Å². The molecule has 21 heavy (non-hydrogen) atoms. The van der Waals surface area contributed by atoms with Gasteiger partial charge in [-0.15, -0.1) is 0 Å². The molecule has 1 saturated carbocycles. The van der Waals surface area contributed by atoms with Gasteiger partial charge >= 0.3 is 0 Å². The summed E-state index contributed by atoms with van der Waals surface area (Å²) in [5.74, 6) is 0.780. The topological polar surface area (TPSA) is 15.3 Å². The zero-order valence-electron chi connectivity index (χ0n) is 13.7. The van der Waals surface area contributed by atoms with Gasteiger partial charge in [0, 0.05) is 19.6 Å². The minimum atomic E-state index is -0.0921. The molecular weight excluding hydrogens is 263 g/mol. The summed E-state index contributed by atoms with van der Waals surface area (Å²) >= 11 is 0. The van der Waals surface area contributed by atoms with Gasteiger partial charge in [0.2, 0.25) is 0 Å². The highest BCUT2D eigenvalue weighted by Crippen LogP contribution is 2.33. The van der Waals surface area contributed by atoms with E-state index in [-0.39, 0.29) is 5.82 Å². The predicted molar refractivity (Wildman–Crippen MR) is 88.2 cm³/mol. The van der Waals surface area contributed by atoms with E-state index in [0.717, 1.165) is 30.3 Å². The van der Waals surface area contributed by atoms with Crippen molar-refractivity contribution in [3.63, 3.8) is 0 Å². The number of halogens is 1. The minimum Gasteiger partial charge on any atom is -0.369 e. The summed E-state index contributed by atoms with van der Waals surface area (Å²) in [6.07, 6.45) is 6.21. The first-order chi connectivity index (χ1) is 10.2. The Bertz CT molecular complexity index is 439. The van der Waals surface area contributed by atoms with Crippen molar-refractivity contribution in [2.24, 2.45) is 5.92 Å². The maximum absolute atomic E-state index is 14.4. The average Bonchev–Trinajstić information content (AvgIpc) is 2.52. The molecule has 0 aliphatic heterocycles. The summed E-state index contributed by atoms with van der Waals surface area (Å²) in [5.41, 5.74) is 1.86. The fourth-order valence-corrected chi connectivity index (χ4v) is 3.48. The SMILES string of the molecule is CCNCc1cccc(F)c1N(C)C1CCC(CC)CC1. The zero-order valence-corrected chi connectivity index (χ0v) is 13.7. The number of nitrogens with zero attached hydrogens (tertiary/aromatic N) is 1. The van der Waals surface area contributed by atoms with Gasteiger partial charge in [0.15, 0.2) is 0 Å².